The molecule has 1 nitrogen and oxygen atoms in total. The summed E-state index contributed by atoms with van der Waals surface area (Å²) < 4.78 is 13.2. The Morgan fingerprint density at radius 2 is 2.29 bits per heavy atom. The van der Waals surface area contributed by atoms with Gasteiger partial charge in [-0.15, -0.1) is 0 Å². The van der Waals surface area contributed by atoms with Gasteiger partial charge in [-0.05, 0) is 32.2 Å². The van der Waals surface area contributed by atoms with Gasteiger partial charge >= 0.3 is 0 Å². The van der Waals surface area contributed by atoms with Crippen molar-refractivity contribution in [2.45, 2.75) is 6.92 Å². The molecule has 0 fully saturated rings. The molecule has 0 saturated heterocycles. The Labute approximate surface area is 88.6 Å². The van der Waals surface area contributed by atoms with Crippen LogP contribution in [0.4, 0.5) is 4.39 Å². The van der Waals surface area contributed by atoms with Gasteiger partial charge in [-0.2, -0.15) is 0 Å². The highest BCUT2D eigenvalue weighted by atomic mass is 35.5. The van der Waals surface area contributed by atoms with E-state index < -0.39 is 0 Å². The van der Waals surface area contributed by atoms with E-state index in [0.29, 0.717) is 10.6 Å². The number of rotatable bonds is 3. The van der Waals surface area contributed by atoms with Gasteiger partial charge in [0, 0.05) is 17.1 Å². The molecule has 76 valence electrons. The molecule has 0 aliphatic rings. The molecule has 0 bridgehead atoms. The standard InChI is InChI=1S/C11H13ClFN/c1-8(7-14-2)5-9-6-10(12)3-4-11(9)13/h3-6,14H,7H2,1-2H3/b8-5+. The number of halogens is 2. The van der Waals surface area contributed by atoms with Crippen molar-refractivity contribution in [3.8, 4) is 0 Å². The predicted octanol–water partition coefficient (Wildman–Crippen LogP) is 3.10. The van der Waals surface area contributed by atoms with Crippen molar-refractivity contribution in [2.75, 3.05) is 13.6 Å². The Morgan fingerprint density at radius 3 is 2.93 bits per heavy atom. The van der Waals surface area contributed by atoms with E-state index in [9.17, 15) is 4.39 Å². The fourth-order valence-corrected chi connectivity index (χ4v) is 1.40. The largest absolute Gasteiger partial charge is 0.316 e. The van der Waals surface area contributed by atoms with Crippen LogP contribution in [0.3, 0.4) is 0 Å². The number of likely N-dealkylation sites (N-methyl/N-ethyl adjacent to an activating group) is 1. The van der Waals surface area contributed by atoms with Crippen LogP contribution in [0.5, 0.6) is 0 Å². The summed E-state index contributed by atoms with van der Waals surface area (Å²) in [5.41, 5.74) is 1.60. The zero-order chi connectivity index (χ0) is 10.6. The molecule has 14 heavy (non-hydrogen) atoms. The average molecular weight is 214 g/mol. The molecule has 0 atom stereocenters. The van der Waals surface area contributed by atoms with Gasteiger partial charge in [0.15, 0.2) is 0 Å². The van der Waals surface area contributed by atoms with Crippen LogP contribution in [0, 0.1) is 5.82 Å². The van der Waals surface area contributed by atoms with Crippen LogP contribution in [0.15, 0.2) is 23.8 Å². The molecule has 1 rings (SSSR count). The summed E-state index contributed by atoms with van der Waals surface area (Å²) in [6.07, 6.45) is 1.79. The molecule has 0 aliphatic heterocycles. The van der Waals surface area contributed by atoms with E-state index in [1.165, 1.54) is 6.07 Å². The van der Waals surface area contributed by atoms with E-state index in [0.717, 1.165) is 12.1 Å². The molecule has 0 aromatic heterocycles. The van der Waals surface area contributed by atoms with Crippen molar-refractivity contribution in [1.29, 1.82) is 0 Å². The van der Waals surface area contributed by atoms with E-state index in [2.05, 4.69) is 5.32 Å². The Kier molecular flexibility index (Phi) is 4.11. The van der Waals surface area contributed by atoms with Crippen molar-refractivity contribution in [3.05, 3.63) is 40.2 Å². The van der Waals surface area contributed by atoms with Gasteiger partial charge in [-0.1, -0.05) is 23.3 Å². The van der Waals surface area contributed by atoms with Gasteiger partial charge in [0.05, 0.1) is 0 Å². The molecule has 0 saturated carbocycles. The SMILES string of the molecule is CNC/C(C)=C/c1cc(Cl)ccc1F. The monoisotopic (exact) mass is 213 g/mol. The maximum absolute atomic E-state index is 13.2. The zero-order valence-electron chi connectivity index (χ0n) is 8.27. The van der Waals surface area contributed by atoms with Crippen molar-refractivity contribution in [3.63, 3.8) is 0 Å². The fraction of sp³-hybridized carbons (Fsp3) is 0.273. The first-order valence-electron chi connectivity index (χ1n) is 4.40. The molecule has 0 amide bonds. The summed E-state index contributed by atoms with van der Waals surface area (Å²) in [5.74, 6) is -0.246. The molecule has 0 radical (unpaired) electrons. The van der Waals surface area contributed by atoms with Crippen molar-refractivity contribution < 1.29 is 4.39 Å². The number of hydrogen-bond acceptors (Lipinski definition) is 1. The highest BCUT2D eigenvalue weighted by molar-refractivity contribution is 6.30. The topological polar surface area (TPSA) is 12.0 Å². The summed E-state index contributed by atoms with van der Waals surface area (Å²) in [6.45, 7) is 2.68. The highest BCUT2D eigenvalue weighted by Gasteiger charge is 2.00. The molecule has 0 spiro atoms. The second kappa shape index (κ2) is 5.13. The third-order valence-electron chi connectivity index (χ3n) is 1.82. The molecule has 3 heteroatoms. The second-order valence-electron chi connectivity index (χ2n) is 3.19. The first kappa shape index (κ1) is 11.2. The summed E-state index contributed by atoms with van der Waals surface area (Å²) in [7, 11) is 1.85. The third-order valence-corrected chi connectivity index (χ3v) is 2.05. The summed E-state index contributed by atoms with van der Waals surface area (Å²) in [6, 6.07) is 4.54. The highest BCUT2D eigenvalue weighted by Crippen LogP contribution is 2.17. The minimum absolute atomic E-state index is 0.246. The Balaban J connectivity index is 2.95. The van der Waals surface area contributed by atoms with Crippen LogP contribution in [0.1, 0.15) is 12.5 Å². The minimum atomic E-state index is -0.246. The van der Waals surface area contributed by atoms with E-state index in [1.54, 1.807) is 18.2 Å². The molecular formula is C11H13ClFN. The lowest BCUT2D eigenvalue weighted by molar-refractivity contribution is 0.625. The zero-order valence-corrected chi connectivity index (χ0v) is 9.03. The fourth-order valence-electron chi connectivity index (χ4n) is 1.22. The van der Waals surface area contributed by atoms with Gasteiger partial charge in [0.1, 0.15) is 5.82 Å². The Hall–Kier alpha value is -0.860. The summed E-state index contributed by atoms with van der Waals surface area (Å²) in [5, 5.41) is 3.55. The smallest absolute Gasteiger partial charge is 0.130 e. The maximum Gasteiger partial charge on any atom is 0.130 e. The number of benzene rings is 1. The van der Waals surface area contributed by atoms with Crippen LogP contribution in [-0.4, -0.2) is 13.6 Å². The molecule has 0 aliphatic carbocycles. The molecule has 0 heterocycles. The lowest BCUT2D eigenvalue weighted by atomic mass is 10.1. The van der Waals surface area contributed by atoms with E-state index in [4.69, 9.17) is 11.6 Å². The van der Waals surface area contributed by atoms with Gasteiger partial charge in [-0.3, -0.25) is 0 Å². The second-order valence-corrected chi connectivity index (χ2v) is 3.62. The summed E-state index contributed by atoms with van der Waals surface area (Å²) >= 11 is 5.77. The van der Waals surface area contributed by atoms with Crippen LogP contribution >= 0.6 is 11.6 Å². The predicted molar refractivity (Wildman–Crippen MR) is 59.0 cm³/mol. The first-order valence-corrected chi connectivity index (χ1v) is 4.78. The molecule has 1 N–H and O–H groups in total. The summed E-state index contributed by atoms with van der Waals surface area (Å²) in [4.78, 5) is 0. The maximum atomic E-state index is 13.2. The van der Waals surface area contributed by atoms with Gasteiger partial charge in [0.25, 0.3) is 0 Å². The number of hydrogen-bond donors (Lipinski definition) is 1. The molecule has 1 aromatic rings. The van der Waals surface area contributed by atoms with Crippen molar-refractivity contribution in [2.24, 2.45) is 0 Å². The van der Waals surface area contributed by atoms with Crippen LogP contribution in [-0.2, 0) is 0 Å². The average Bonchev–Trinajstić information content (AvgIpc) is 2.12. The molecular weight excluding hydrogens is 201 g/mol. The lowest BCUT2D eigenvalue weighted by Crippen LogP contribution is -2.08. The van der Waals surface area contributed by atoms with Crippen LogP contribution < -0.4 is 5.32 Å². The van der Waals surface area contributed by atoms with Crippen LogP contribution in [0.25, 0.3) is 6.08 Å². The van der Waals surface area contributed by atoms with Crippen molar-refractivity contribution in [1.82, 2.24) is 5.32 Å². The van der Waals surface area contributed by atoms with Gasteiger partial charge in [-0.25, -0.2) is 4.39 Å². The molecule has 1 aromatic carbocycles. The Bertz CT molecular complexity index is 347. The third kappa shape index (κ3) is 3.13. The van der Waals surface area contributed by atoms with E-state index in [-0.39, 0.29) is 5.82 Å². The minimum Gasteiger partial charge on any atom is -0.316 e. The van der Waals surface area contributed by atoms with E-state index in [1.807, 2.05) is 14.0 Å². The van der Waals surface area contributed by atoms with E-state index >= 15 is 0 Å². The normalized spacial score (nSPS) is 11.9. The van der Waals surface area contributed by atoms with Gasteiger partial charge < -0.3 is 5.32 Å². The van der Waals surface area contributed by atoms with Gasteiger partial charge in [0.2, 0.25) is 0 Å². The van der Waals surface area contributed by atoms with Crippen LogP contribution in [0.2, 0.25) is 5.02 Å². The number of nitrogens with one attached hydrogen (secondary N) is 1. The van der Waals surface area contributed by atoms with Crippen molar-refractivity contribution >= 4 is 17.7 Å². The Morgan fingerprint density at radius 1 is 1.57 bits per heavy atom. The first-order chi connectivity index (χ1) is 6.63. The quantitative estimate of drug-likeness (QED) is 0.814. The lowest BCUT2D eigenvalue weighted by Gasteiger charge is -2.01. The molecule has 0 unspecified atom stereocenters.